The molecule has 0 saturated heterocycles. The van der Waals surface area contributed by atoms with Crippen LogP contribution in [-0.2, 0) is 4.79 Å². The van der Waals surface area contributed by atoms with Crippen molar-refractivity contribution in [2.24, 2.45) is 5.92 Å². The van der Waals surface area contributed by atoms with Gasteiger partial charge in [-0.2, -0.15) is 0 Å². The van der Waals surface area contributed by atoms with Gasteiger partial charge in [-0.1, -0.05) is 44.7 Å². The van der Waals surface area contributed by atoms with Crippen LogP contribution in [0, 0.1) is 11.7 Å². The summed E-state index contributed by atoms with van der Waals surface area (Å²) in [6.07, 6.45) is 5.26. The monoisotopic (exact) mass is 420 g/mol. The lowest BCUT2D eigenvalue weighted by Gasteiger charge is -2.21. The van der Waals surface area contributed by atoms with E-state index in [1.54, 1.807) is 0 Å². The number of benzene rings is 1. The number of Topliss-reactive ketones (excluding diaryl/α,β-unsaturated/α-hetero) is 1. The van der Waals surface area contributed by atoms with Crippen LogP contribution in [0.5, 0.6) is 0 Å². The predicted molar refractivity (Wildman–Crippen MR) is 112 cm³/mol. The minimum atomic E-state index is -1.42. The molecule has 1 heterocycles. The molecule has 7 heteroatoms. The highest BCUT2D eigenvalue weighted by Gasteiger charge is 2.30. The third-order valence-corrected chi connectivity index (χ3v) is 5.14. The molecule has 5 nitrogen and oxygen atoms in total. The maximum absolute atomic E-state index is 13.2. The highest BCUT2D eigenvalue weighted by atomic mass is 35.5. The number of pyridine rings is 1. The fourth-order valence-corrected chi connectivity index (χ4v) is 3.28. The average molecular weight is 421 g/mol. The average Bonchev–Trinajstić information content (AvgIpc) is 2.71. The van der Waals surface area contributed by atoms with Gasteiger partial charge >= 0.3 is 0 Å². The van der Waals surface area contributed by atoms with E-state index in [0.29, 0.717) is 6.54 Å². The van der Waals surface area contributed by atoms with E-state index in [4.69, 9.17) is 11.6 Å². The second-order valence-corrected chi connectivity index (χ2v) is 7.46. The number of nitrogens with zero attached hydrogens (tertiary/aromatic N) is 1. The molecule has 0 bridgehead atoms. The van der Waals surface area contributed by atoms with Crippen LogP contribution >= 0.6 is 11.6 Å². The molecule has 0 saturated carbocycles. The number of nitrogens with one attached hydrogen (secondary N) is 1. The highest BCUT2D eigenvalue weighted by Crippen LogP contribution is 2.18. The van der Waals surface area contributed by atoms with E-state index >= 15 is 0 Å². The Kier molecular flexibility index (Phi) is 8.58. The van der Waals surface area contributed by atoms with Crippen LogP contribution in [0.4, 0.5) is 4.39 Å². The molecule has 2 atom stereocenters. The lowest BCUT2D eigenvalue weighted by Crippen LogP contribution is -2.42. The number of ketones is 1. The number of amides is 1. The molecule has 2 aromatic rings. The van der Waals surface area contributed by atoms with Gasteiger partial charge in [0.15, 0.2) is 11.8 Å². The summed E-state index contributed by atoms with van der Waals surface area (Å²) in [7, 11) is 0. The molecular formula is C22H26ClFN2O3. The summed E-state index contributed by atoms with van der Waals surface area (Å²) in [6, 6.07) is 6.05. The third kappa shape index (κ3) is 6.26. The van der Waals surface area contributed by atoms with Crippen LogP contribution in [-0.4, -0.2) is 22.8 Å². The minimum Gasteiger partial charge on any atom is -0.354 e. The van der Waals surface area contributed by atoms with Gasteiger partial charge in [0.1, 0.15) is 5.82 Å². The number of aromatic nitrogens is 1. The van der Waals surface area contributed by atoms with Crippen molar-refractivity contribution in [3.63, 3.8) is 0 Å². The summed E-state index contributed by atoms with van der Waals surface area (Å²) in [5.41, 5.74) is -0.389. The number of carbonyl (C=O) groups excluding carboxylic acids is 2. The maximum atomic E-state index is 13.2. The molecular weight excluding hydrogens is 395 g/mol. The van der Waals surface area contributed by atoms with Gasteiger partial charge in [-0.25, -0.2) is 4.39 Å². The number of halogens is 2. The fraction of sp³-hybridized carbons (Fsp3) is 0.409. The third-order valence-electron chi connectivity index (χ3n) is 4.91. The predicted octanol–water partition coefficient (Wildman–Crippen LogP) is 4.40. The maximum Gasteiger partial charge on any atom is 0.251 e. The SMILES string of the molecule is CCCCC(CC)CNC(=O)C(C(=O)c1ccc(F)cc1)n1cc(Cl)ccc1=O. The molecule has 0 aliphatic heterocycles. The second kappa shape index (κ2) is 10.9. The molecule has 0 fully saturated rings. The second-order valence-electron chi connectivity index (χ2n) is 7.03. The van der Waals surface area contributed by atoms with Gasteiger partial charge < -0.3 is 5.32 Å². The Morgan fingerprint density at radius 3 is 2.45 bits per heavy atom. The van der Waals surface area contributed by atoms with Crippen LogP contribution in [0.3, 0.4) is 0 Å². The van der Waals surface area contributed by atoms with Crippen LogP contribution in [0.15, 0.2) is 47.4 Å². The molecule has 1 aromatic heterocycles. The molecule has 0 aliphatic carbocycles. The number of carbonyl (C=O) groups is 2. The normalized spacial score (nSPS) is 13.0. The number of hydrogen-bond acceptors (Lipinski definition) is 3. The first-order chi connectivity index (χ1) is 13.9. The Morgan fingerprint density at radius 1 is 1.14 bits per heavy atom. The van der Waals surface area contributed by atoms with Gasteiger partial charge in [0.2, 0.25) is 0 Å². The van der Waals surface area contributed by atoms with E-state index < -0.39 is 29.1 Å². The van der Waals surface area contributed by atoms with Crippen molar-refractivity contribution in [3.05, 3.63) is 69.4 Å². The molecule has 0 radical (unpaired) electrons. The van der Waals surface area contributed by atoms with Gasteiger partial charge in [0.05, 0.1) is 5.02 Å². The Hall–Kier alpha value is -2.47. The molecule has 1 amide bonds. The van der Waals surface area contributed by atoms with E-state index in [2.05, 4.69) is 19.2 Å². The van der Waals surface area contributed by atoms with Gasteiger partial charge in [-0.3, -0.25) is 19.0 Å². The fourth-order valence-electron chi connectivity index (χ4n) is 3.11. The smallest absolute Gasteiger partial charge is 0.251 e. The van der Waals surface area contributed by atoms with Crippen molar-refractivity contribution in [2.45, 2.75) is 45.6 Å². The summed E-state index contributed by atoms with van der Waals surface area (Å²) >= 11 is 5.99. The van der Waals surface area contributed by atoms with Crippen LogP contribution < -0.4 is 10.9 Å². The Bertz CT molecular complexity index is 896. The summed E-state index contributed by atoms with van der Waals surface area (Å²) in [5.74, 6) is -1.40. The van der Waals surface area contributed by atoms with Crippen LogP contribution in [0.1, 0.15) is 55.9 Å². The van der Waals surface area contributed by atoms with Crippen molar-refractivity contribution in [3.8, 4) is 0 Å². The van der Waals surface area contributed by atoms with Crippen molar-refractivity contribution in [1.29, 1.82) is 0 Å². The van der Waals surface area contributed by atoms with Crippen molar-refractivity contribution in [2.75, 3.05) is 6.54 Å². The van der Waals surface area contributed by atoms with Crippen LogP contribution in [0.25, 0.3) is 0 Å². The zero-order valence-electron chi connectivity index (χ0n) is 16.7. The van der Waals surface area contributed by atoms with Crippen molar-refractivity contribution in [1.82, 2.24) is 9.88 Å². The first-order valence-electron chi connectivity index (χ1n) is 9.82. The Labute approximate surface area is 174 Å². The highest BCUT2D eigenvalue weighted by molar-refractivity contribution is 6.30. The molecule has 0 spiro atoms. The summed E-state index contributed by atoms with van der Waals surface area (Å²) in [6.45, 7) is 4.57. The number of unbranched alkanes of at least 4 members (excludes halogenated alkanes) is 1. The topological polar surface area (TPSA) is 68.2 Å². The Balaban J connectivity index is 2.32. The quantitative estimate of drug-likeness (QED) is 0.457. The molecule has 2 unspecified atom stereocenters. The number of hydrogen-bond donors (Lipinski definition) is 1. The minimum absolute atomic E-state index is 0.136. The van der Waals surface area contributed by atoms with Crippen LogP contribution in [0.2, 0.25) is 5.02 Å². The van der Waals surface area contributed by atoms with Gasteiger partial charge in [0.25, 0.3) is 11.5 Å². The molecule has 0 aliphatic rings. The van der Waals surface area contributed by atoms with Crippen molar-refractivity contribution < 1.29 is 14.0 Å². The molecule has 156 valence electrons. The molecule has 29 heavy (non-hydrogen) atoms. The largest absolute Gasteiger partial charge is 0.354 e. The standard InChI is InChI=1S/C22H26ClFN2O3/c1-3-5-6-15(4-2)13-25-22(29)20(26-14-17(23)9-12-19(26)27)21(28)16-7-10-18(24)11-8-16/h7-12,14-15,20H,3-6,13H2,1-2H3,(H,25,29). The molecule has 2 rings (SSSR count). The van der Waals surface area contributed by atoms with E-state index in [1.165, 1.54) is 30.5 Å². The molecule has 1 aromatic carbocycles. The zero-order valence-corrected chi connectivity index (χ0v) is 17.4. The van der Waals surface area contributed by atoms with Gasteiger partial charge in [0, 0.05) is 24.4 Å². The molecule has 1 N–H and O–H groups in total. The lowest BCUT2D eigenvalue weighted by molar-refractivity contribution is -0.123. The first-order valence-corrected chi connectivity index (χ1v) is 10.2. The zero-order chi connectivity index (χ0) is 21.4. The number of rotatable bonds is 10. The van der Waals surface area contributed by atoms with Gasteiger partial charge in [-0.05, 0) is 42.7 Å². The Morgan fingerprint density at radius 2 is 1.83 bits per heavy atom. The van der Waals surface area contributed by atoms with E-state index in [1.807, 2.05) is 0 Å². The van der Waals surface area contributed by atoms with E-state index in [-0.39, 0.29) is 16.5 Å². The summed E-state index contributed by atoms with van der Waals surface area (Å²) in [4.78, 5) is 38.4. The lowest BCUT2D eigenvalue weighted by atomic mass is 9.98. The summed E-state index contributed by atoms with van der Waals surface area (Å²) in [5, 5.41) is 3.04. The first kappa shape index (κ1) is 22.8. The van der Waals surface area contributed by atoms with E-state index in [0.717, 1.165) is 42.4 Å². The van der Waals surface area contributed by atoms with Crippen molar-refractivity contribution >= 4 is 23.3 Å². The van der Waals surface area contributed by atoms with Gasteiger partial charge in [-0.15, -0.1) is 0 Å². The summed E-state index contributed by atoms with van der Waals surface area (Å²) < 4.78 is 14.3. The van der Waals surface area contributed by atoms with E-state index in [9.17, 15) is 18.8 Å².